The quantitative estimate of drug-likeness (QED) is 0.670. The Morgan fingerprint density at radius 3 is 2.24 bits per heavy atom. The summed E-state index contributed by atoms with van der Waals surface area (Å²) in [6, 6.07) is 16.5. The topological polar surface area (TPSA) is 58.2 Å². The van der Waals surface area contributed by atoms with Crippen molar-refractivity contribution in [3.8, 4) is 0 Å². The Bertz CT molecular complexity index is 646. The minimum atomic E-state index is -0.390. The molecule has 4 heteroatoms. The standard InChI is InChI=1S/C17H16N2O2/c1-13-7-10-15(11-8-13)17(21)19-18-16(20)12-9-14-5-3-2-4-6-14/h2-12H,1H3,(H,18,20)(H,19,21)/b12-9+. The Kier molecular flexibility index (Phi) is 4.88. The van der Waals surface area contributed by atoms with E-state index in [0.717, 1.165) is 11.1 Å². The van der Waals surface area contributed by atoms with Crippen LogP contribution >= 0.6 is 0 Å². The van der Waals surface area contributed by atoms with Crippen molar-refractivity contribution < 1.29 is 9.59 Å². The highest BCUT2D eigenvalue weighted by molar-refractivity contribution is 5.97. The zero-order valence-electron chi connectivity index (χ0n) is 11.7. The van der Waals surface area contributed by atoms with Gasteiger partial charge in [-0.2, -0.15) is 0 Å². The summed E-state index contributed by atoms with van der Waals surface area (Å²) in [5.74, 6) is -0.740. The molecule has 2 N–H and O–H groups in total. The zero-order chi connectivity index (χ0) is 15.1. The lowest BCUT2D eigenvalue weighted by Crippen LogP contribution is -2.40. The summed E-state index contributed by atoms with van der Waals surface area (Å²) >= 11 is 0. The average Bonchev–Trinajstić information content (AvgIpc) is 2.52. The molecule has 2 aromatic carbocycles. The van der Waals surface area contributed by atoms with Crippen LogP contribution < -0.4 is 10.9 Å². The van der Waals surface area contributed by atoms with E-state index >= 15 is 0 Å². The van der Waals surface area contributed by atoms with Gasteiger partial charge in [0, 0.05) is 11.6 Å². The molecule has 0 aliphatic carbocycles. The molecule has 0 spiro atoms. The molecule has 0 saturated heterocycles. The molecule has 0 aliphatic rings. The summed E-state index contributed by atoms with van der Waals surface area (Å²) in [6.45, 7) is 1.94. The highest BCUT2D eigenvalue weighted by Crippen LogP contribution is 2.02. The lowest BCUT2D eigenvalue weighted by molar-refractivity contribution is -0.117. The Balaban J connectivity index is 1.85. The van der Waals surface area contributed by atoms with E-state index in [-0.39, 0.29) is 11.8 Å². The maximum atomic E-state index is 11.8. The van der Waals surface area contributed by atoms with E-state index in [1.807, 2.05) is 49.4 Å². The van der Waals surface area contributed by atoms with Gasteiger partial charge in [0.15, 0.2) is 0 Å². The normalized spacial score (nSPS) is 10.3. The van der Waals surface area contributed by atoms with Gasteiger partial charge in [-0.25, -0.2) is 0 Å². The number of nitrogens with one attached hydrogen (secondary N) is 2. The number of aryl methyl sites for hydroxylation is 1. The van der Waals surface area contributed by atoms with Crippen LogP contribution in [0.1, 0.15) is 21.5 Å². The van der Waals surface area contributed by atoms with Gasteiger partial charge in [-0.05, 0) is 30.7 Å². The molecular formula is C17H16N2O2. The van der Waals surface area contributed by atoms with Gasteiger partial charge in [0.1, 0.15) is 0 Å². The Morgan fingerprint density at radius 1 is 0.905 bits per heavy atom. The number of carbonyl (C=O) groups excluding carboxylic acids is 2. The molecule has 0 heterocycles. The number of hydrogen-bond donors (Lipinski definition) is 2. The molecule has 0 bridgehead atoms. The largest absolute Gasteiger partial charge is 0.269 e. The maximum absolute atomic E-state index is 11.8. The molecule has 0 aromatic heterocycles. The fraction of sp³-hybridized carbons (Fsp3) is 0.0588. The average molecular weight is 280 g/mol. The molecule has 0 fully saturated rings. The molecule has 106 valence electrons. The molecule has 0 atom stereocenters. The number of hydrazine groups is 1. The van der Waals surface area contributed by atoms with E-state index in [1.165, 1.54) is 6.08 Å². The molecule has 0 saturated carbocycles. The van der Waals surface area contributed by atoms with Crippen LogP contribution in [0.15, 0.2) is 60.7 Å². The maximum Gasteiger partial charge on any atom is 0.269 e. The van der Waals surface area contributed by atoms with Crippen LogP contribution in [0.4, 0.5) is 0 Å². The van der Waals surface area contributed by atoms with Crippen molar-refractivity contribution in [2.75, 3.05) is 0 Å². The van der Waals surface area contributed by atoms with E-state index in [4.69, 9.17) is 0 Å². The second-order valence-corrected chi connectivity index (χ2v) is 4.55. The number of carbonyl (C=O) groups is 2. The summed E-state index contributed by atoms with van der Waals surface area (Å²) in [6.07, 6.45) is 3.04. The summed E-state index contributed by atoms with van der Waals surface area (Å²) in [5.41, 5.74) is 7.18. The number of rotatable bonds is 3. The van der Waals surface area contributed by atoms with Gasteiger partial charge in [-0.3, -0.25) is 20.4 Å². The van der Waals surface area contributed by atoms with Gasteiger partial charge >= 0.3 is 0 Å². The predicted molar refractivity (Wildman–Crippen MR) is 82.3 cm³/mol. The summed E-state index contributed by atoms with van der Waals surface area (Å²) in [7, 11) is 0. The fourth-order valence-corrected chi connectivity index (χ4v) is 1.67. The lowest BCUT2D eigenvalue weighted by atomic mass is 10.1. The first-order valence-electron chi connectivity index (χ1n) is 6.55. The number of hydrogen-bond acceptors (Lipinski definition) is 2. The van der Waals surface area contributed by atoms with Crippen molar-refractivity contribution in [3.63, 3.8) is 0 Å². The van der Waals surface area contributed by atoms with Crippen LogP contribution in [0.25, 0.3) is 6.08 Å². The predicted octanol–water partition coefficient (Wildman–Crippen LogP) is 2.47. The van der Waals surface area contributed by atoms with Crippen molar-refractivity contribution in [2.45, 2.75) is 6.92 Å². The molecule has 21 heavy (non-hydrogen) atoms. The lowest BCUT2D eigenvalue weighted by Gasteiger charge is -2.05. The van der Waals surface area contributed by atoms with E-state index in [1.54, 1.807) is 18.2 Å². The third kappa shape index (κ3) is 4.62. The minimum Gasteiger partial charge on any atom is -0.268 e. The number of benzene rings is 2. The Morgan fingerprint density at radius 2 is 1.57 bits per heavy atom. The van der Waals surface area contributed by atoms with Crippen molar-refractivity contribution in [3.05, 3.63) is 77.4 Å². The zero-order valence-corrected chi connectivity index (χ0v) is 11.7. The smallest absolute Gasteiger partial charge is 0.268 e. The third-order valence-corrected chi connectivity index (χ3v) is 2.84. The fourth-order valence-electron chi connectivity index (χ4n) is 1.67. The van der Waals surface area contributed by atoms with Crippen molar-refractivity contribution in [2.24, 2.45) is 0 Å². The minimum absolute atomic E-state index is 0.350. The highest BCUT2D eigenvalue weighted by atomic mass is 16.2. The first-order valence-corrected chi connectivity index (χ1v) is 6.55. The molecular weight excluding hydrogens is 264 g/mol. The van der Waals surface area contributed by atoms with E-state index in [2.05, 4.69) is 10.9 Å². The van der Waals surface area contributed by atoms with E-state index in [9.17, 15) is 9.59 Å². The van der Waals surface area contributed by atoms with Crippen LogP contribution in [0.3, 0.4) is 0 Å². The van der Waals surface area contributed by atoms with Gasteiger partial charge in [0.05, 0.1) is 0 Å². The van der Waals surface area contributed by atoms with E-state index in [0.29, 0.717) is 5.56 Å². The van der Waals surface area contributed by atoms with Gasteiger partial charge in [-0.1, -0.05) is 48.0 Å². The van der Waals surface area contributed by atoms with Crippen molar-refractivity contribution >= 4 is 17.9 Å². The molecule has 2 rings (SSSR count). The number of amides is 2. The second-order valence-electron chi connectivity index (χ2n) is 4.55. The van der Waals surface area contributed by atoms with Gasteiger partial charge in [0.2, 0.25) is 0 Å². The summed E-state index contributed by atoms with van der Waals surface area (Å²) in [4.78, 5) is 23.4. The molecule has 0 aliphatic heterocycles. The van der Waals surface area contributed by atoms with Crippen molar-refractivity contribution in [1.82, 2.24) is 10.9 Å². The Hall–Kier alpha value is -2.88. The molecule has 0 radical (unpaired) electrons. The van der Waals surface area contributed by atoms with Crippen LogP contribution in [0.5, 0.6) is 0 Å². The SMILES string of the molecule is Cc1ccc(C(=O)NNC(=O)/C=C/c2ccccc2)cc1. The summed E-state index contributed by atoms with van der Waals surface area (Å²) < 4.78 is 0. The molecule has 2 amide bonds. The van der Waals surface area contributed by atoms with Crippen LogP contribution in [-0.4, -0.2) is 11.8 Å². The van der Waals surface area contributed by atoms with Crippen molar-refractivity contribution in [1.29, 1.82) is 0 Å². The second kappa shape index (κ2) is 7.05. The van der Waals surface area contributed by atoms with E-state index < -0.39 is 0 Å². The van der Waals surface area contributed by atoms with Crippen LogP contribution in [0.2, 0.25) is 0 Å². The molecule has 2 aromatic rings. The van der Waals surface area contributed by atoms with Gasteiger partial charge in [0.25, 0.3) is 11.8 Å². The van der Waals surface area contributed by atoms with Crippen LogP contribution in [-0.2, 0) is 4.79 Å². The third-order valence-electron chi connectivity index (χ3n) is 2.84. The molecule has 0 unspecified atom stereocenters. The first kappa shape index (κ1) is 14.5. The Labute approximate surface area is 123 Å². The molecule has 4 nitrogen and oxygen atoms in total. The van der Waals surface area contributed by atoms with Gasteiger partial charge < -0.3 is 0 Å². The monoisotopic (exact) mass is 280 g/mol. The summed E-state index contributed by atoms with van der Waals surface area (Å²) in [5, 5.41) is 0. The highest BCUT2D eigenvalue weighted by Gasteiger charge is 2.05. The van der Waals surface area contributed by atoms with Crippen LogP contribution in [0, 0.1) is 6.92 Å². The van der Waals surface area contributed by atoms with Gasteiger partial charge in [-0.15, -0.1) is 0 Å². The first-order chi connectivity index (χ1) is 10.1.